The molecule has 42 heavy (non-hydrogen) atoms. The molecular formula is C36H33N3O3. The summed E-state index contributed by atoms with van der Waals surface area (Å²) in [5, 5.41) is 20.4. The number of fused-ring (bicyclic) bond motifs is 3. The van der Waals surface area contributed by atoms with E-state index >= 15 is 0 Å². The molecule has 0 bridgehead atoms. The van der Waals surface area contributed by atoms with Crippen LogP contribution in [0.2, 0.25) is 0 Å². The monoisotopic (exact) mass is 555 g/mol. The van der Waals surface area contributed by atoms with E-state index in [0.29, 0.717) is 30.3 Å². The average molecular weight is 556 g/mol. The third kappa shape index (κ3) is 4.74. The Morgan fingerprint density at radius 3 is 2.31 bits per heavy atom. The molecule has 0 spiro atoms. The van der Waals surface area contributed by atoms with Gasteiger partial charge in [-0.2, -0.15) is 10.5 Å². The number of carbonyl (C=O) groups is 1. The first kappa shape index (κ1) is 27.4. The zero-order valence-corrected chi connectivity index (χ0v) is 23.9. The maximum absolute atomic E-state index is 14.6. The minimum atomic E-state index is -0.587. The third-order valence-corrected chi connectivity index (χ3v) is 8.62. The number of allylic oxidation sites excluding steroid dienone is 1. The Balaban J connectivity index is 1.65. The summed E-state index contributed by atoms with van der Waals surface area (Å²) in [6.45, 7) is 4.85. The number of ether oxygens (including phenoxy) is 2. The van der Waals surface area contributed by atoms with Gasteiger partial charge in [0.1, 0.15) is 35.3 Å². The predicted molar refractivity (Wildman–Crippen MR) is 161 cm³/mol. The molecule has 1 saturated carbocycles. The van der Waals surface area contributed by atoms with Crippen molar-refractivity contribution in [1.29, 1.82) is 10.5 Å². The van der Waals surface area contributed by atoms with Crippen LogP contribution >= 0.6 is 0 Å². The summed E-state index contributed by atoms with van der Waals surface area (Å²) >= 11 is 0. The maximum atomic E-state index is 14.6. The van der Waals surface area contributed by atoms with Crippen molar-refractivity contribution in [3.63, 3.8) is 0 Å². The van der Waals surface area contributed by atoms with Crippen LogP contribution in [0, 0.1) is 34.5 Å². The molecular weight excluding hydrogens is 522 g/mol. The van der Waals surface area contributed by atoms with Crippen molar-refractivity contribution in [2.45, 2.75) is 44.7 Å². The molecule has 3 aromatic rings. The molecule has 0 radical (unpaired) electrons. The highest BCUT2D eigenvalue weighted by molar-refractivity contribution is 6.01. The highest BCUT2D eigenvalue weighted by Gasteiger charge is 2.57. The second-order valence-corrected chi connectivity index (χ2v) is 11.0. The molecule has 2 aliphatic heterocycles. The number of nitriles is 2. The van der Waals surface area contributed by atoms with Gasteiger partial charge in [0.05, 0.1) is 19.3 Å². The van der Waals surface area contributed by atoms with E-state index in [4.69, 9.17) is 9.47 Å². The summed E-state index contributed by atoms with van der Waals surface area (Å²) in [7, 11) is 0. The number of ketones is 1. The van der Waals surface area contributed by atoms with Crippen molar-refractivity contribution in [2.24, 2.45) is 11.8 Å². The Labute approximate surface area is 247 Å². The van der Waals surface area contributed by atoms with Crippen molar-refractivity contribution < 1.29 is 14.3 Å². The van der Waals surface area contributed by atoms with Gasteiger partial charge in [-0.05, 0) is 61.4 Å². The lowest BCUT2D eigenvalue weighted by molar-refractivity contribution is 0.0874. The summed E-state index contributed by atoms with van der Waals surface area (Å²) in [5.41, 5.74) is 4.71. The van der Waals surface area contributed by atoms with Crippen molar-refractivity contribution in [3.05, 3.63) is 112 Å². The fourth-order valence-electron chi connectivity index (χ4n) is 6.89. The molecule has 210 valence electrons. The molecule has 0 N–H and O–H groups in total. The van der Waals surface area contributed by atoms with Crippen LogP contribution in [0.1, 0.15) is 65.7 Å². The summed E-state index contributed by atoms with van der Waals surface area (Å²) in [5.74, 6) is 0.804. The summed E-state index contributed by atoms with van der Waals surface area (Å²) in [6.07, 6.45) is 5.95. The van der Waals surface area contributed by atoms with Gasteiger partial charge in [0.25, 0.3) is 0 Å². The third-order valence-electron chi connectivity index (χ3n) is 8.62. The predicted octanol–water partition coefficient (Wildman–Crippen LogP) is 7.23. The molecule has 1 saturated heterocycles. The maximum Gasteiger partial charge on any atom is 0.185 e. The summed E-state index contributed by atoms with van der Waals surface area (Å²) in [6, 6.07) is 27.1. The van der Waals surface area contributed by atoms with E-state index < -0.39 is 6.04 Å². The van der Waals surface area contributed by atoms with E-state index in [-0.39, 0.29) is 35.2 Å². The van der Waals surface area contributed by atoms with Crippen molar-refractivity contribution in [3.8, 4) is 23.6 Å². The van der Waals surface area contributed by atoms with Crippen LogP contribution in [0.4, 0.5) is 0 Å². The van der Waals surface area contributed by atoms with Gasteiger partial charge in [-0.15, -0.1) is 0 Å². The molecule has 0 aromatic heterocycles. The Morgan fingerprint density at radius 1 is 0.905 bits per heavy atom. The number of hydrogen-bond donors (Lipinski definition) is 0. The standard InChI is InChI=1S/C36H33N3O3/c1-3-41-27-16-17-29(30(20-27)42-4-2)32-33(31(24-14-15-24)26(21-37)22-38)34-28-13-9-8-10-23(28)18-19-39(34)35(32)36(40)25-11-6-5-7-12-25/h5-13,16-20,24,32-35H,3-4,14-15H2,1-2H3/t32-,33+,34-,35-/m1/s1. The van der Waals surface area contributed by atoms with E-state index in [1.54, 1.807) is 0 Å². The van der Waals surface area contributed by atoms with Crippen LogP contribution in [0.5, 0.6) is 11.5 Å². The SMILES string of the molecule is CCOc1ccc([C@@H]2[C@H](C(=C(C#N)C#N)C3CC3)[C@H]3c4ccccc4C=CN3[C@H]2C(=O)c2ccccc2)c(OCC)c1. The van der Waals surface area contributed by atoms with E-state index in [9.17, 15) is 15.3 Å². The number of benzene rings is 3. The van der Waals surface area contributed by atoms with Gasteiger partial charge in [-0.1, -0.05) is 60.7 Å². The van der Waals surface area contributed by atoms with E-state index in [0.717, 1.165) is 35.1 Å². The highest BCUT2D eigenvalue weighted by Crippen LogP contribution is 2.60. The molecule has 1 aliphatic carbocycles. The van der Waals surface area contributed by atoms with Crippen LogP contribution in [0.25, 0.3) is 6.08 Å². The lowest BCUT2D eigenvalue weighted by Crippen LogP contribution is -2.37. The van der Waals surface area contributed by atoms with Gasteiger partial charge in [0.2, 0.25) is 0 Å². The fourth-order valence-corrected chi connectivity index (χ4v) is 6.89. The van der Waals surface area contributed by atoms with Crippen LogP contribution < -0.4 is 9.47 Å². The lowest BCUT2D eigenvalue weighted by Gasteiger charge is -2.35. The van der Waals surface area contributed by atoms with Gasteiger partial charge in [-0.3, -0.25) is 4.79 Å². The zero-order valence-electron chi connectivity index (χ0n) is 23.9. The number of rotatable bonds is 9. The van der Waals surface area contributed by atoms with Crippen LogP contribution in [-0.4, -0.2) is 29.9 Å². The van der Waals surface area contributed by atoms with Gasteiger partial charge in [0.15, 0.2) is 5.78 Å². The highest BCUT2D eigenvalue weighted by atomic mass is 16.5. The van der Waals surface area contributed by atoms with Crippen molar-refractivity contribution in [1.82, 2.24) is 4.90 Å². The molecule has 0 amide bonds. The Hall–Kier alpha value is -4.81. The molecule has 2 heterocycles. The average Bonchev–Trinajstić information content (AvgIpc) is 3.81. The Kier molecular flexibility index (Phi) is 7.55. The fraction of sp³-hybridized carbons (Fsp3) is 0.306. The van der Waals surface area contributed by atoms with Crippen LogP contribution in [0.15, 0.2) is 90.1 Å². The molecule has 6 nitrogen and oxygen atoms in total. The lowest BCUT2D eigenvalue weighted by atomic mass is 9.71. The molecule has 4 atom stereocenters. The van der Waals surface area contributed by atoms with Crippen molar-refractivity contribution in [2.75, 3.05) is 13.2 Å². The minimum absolute atomic E-state index is 0.000855. The minimum Gasteiger partial charge on any atom is -0.494 e. The first-order chi connectivity index (χ1) is 20.6. The second-order valence-electron chi connectivity index (χ2n) is 11.0. The second kappa shape index (κ2) is 11.6. The first-order valence-electron chi connectivity index (χ1n) is 14.7. The molecule has 6 heteroatoms. The Bertz CT molecular complexity index is 1630. The molecule has 2 fully saturated rings. The smallest absolute Gasteiger partial charge is 0.185 e. The summed E-state index contributed by atoms with van der Waals surface area (Å²) in [4.78, 5) is 16.8. The number of carbonyl (C=O) groups excluding carboxylic acids is 1. The molecule has 3 aromatic carbocycles. The molecule has 6 rings (SSSR count). The number of Topliss-reactive ketones (excluding diaryl/α,β-unsaturated/α-hetero) is 1. The normalized spacial score (nSPS) is 21.9. The van der Waals surface area contributed by atoms with Crippen LogP contribution in [-0.2, 0) is 0 Å². The number of nitrogens with zero attached hydrogens (tertiary/aromatic N) is 3. The zero-order chi connectivity index (χ0) is 29.2. The quantitative estimate of drug-likeness (QED) is 0.205. The largest absolute Gasteiger partial charge is 0.494 e. The van der Waals surface area contributed by atoms with E-state index in [2.05, 4.69) is 35.2 Å². The topological polar surface area (TPSA) is 86.4 Å². The van der Waals surface area contributed by atoms with Gasteiger partial charge < -0.3 is 14.4 Å². The van der Waals surface area contributed by atoms with Gasteiger partial charge in [-0.25, -0.2) is 0 Å². The molecule has 3 aliphatic rings. The van der Waals surface area contributed by atoms with Gasteiger partial charge in [0, 0.05) is 35.2 Å². The van der Waals surface area contributed by atoms with Gasteiger partial charge >= 0.3 is 0 Å². The summed E-state index contributed by atoms with van der Waals surface area (Å²) < 4.78 is 12.1. The number of hydrogen-bond acceptors (Lipinski definition) is 6. The van der Waals surface area contributed by atoms with Crippen LogP contribution in [0.3, 0.4) is 0 Å². The molecule has 0 unspecified atom stereocenters. The first-order valence-corrected chi connectivity index (χ1v) is 14.7. The van der Waals surface area contributed by atoms with Crippen molar-refractivity contribution >= 4 is 11.9 Å². The Morgan fingerprint density at radius 2 is 1.62 bits per heavy atom. The van der Waals surface area contributed by atoms with E-state index in [1.165, 1.54) is 0 Å². The van der Waals surface area contributed by atoms with E-state index in [1.807, 2.05) is 80.7 Å².